The van der Waals surface area contributed by atoms with Crippen LogP contribution in [0.3, 0.4) is 0 Å². The molecule has 0 unspecified atom stereocenters. The number of ketones is 1. The minimum atomic E-state index is 0.258. The summed E-state index contributed by atoms with van der Waals surface area (Å²) in [4.78, 5) is 22.2. The molecule has 0 aliphatic rings. The van der Waals surface area contributed by atoms with Crippen LogP contribution in [-0.4, -0.2) is 40.3 Å². The number of unbranched alkanes of at least 4 members (excludes halogenated alkanes) is 2. The van der Waals surface area contributed by atoms with Crippen molar-refractivity contribution in [3.8, 4) is 0 Å². The maximum absolute atomic E-state index is 12.4. The zero-order valence-electron chi connectivity index (χ0n) is 17.5. The molecule has 5 nitrogen and oxygen atoms in total. The SMILES string of the molecule is CCCN(CCC)CCCCCC(=O)c1ccc(CNCc2ncc[nH]2)cc1. The Morgan fingerprint density at radius 2 is 1.75 bits per heavy atom. The van der Waals surface area contributed by atoms with E-state index in [1.54, 1.807) is 6.20 Å². The number of nitrogens with zero attached hydrogens (tertiary/aromatic N) is 2. The Morgan fingerprint density at radius 3 is 2.39 bits per heavy atom. The second kappa shape index (κ2) is 13.2. The van der Waals surface area contributed by atoms with Crippen LogP contribution in [0.1, 0.15) is 74.1 Å². The molecule has 0 saturated carbocycles. The maximum atomic E-state index is 12.4. The number of H-pyrrole nitrogens is 1. The molecule has 2 aromatic rings. The summed E-state index contributed by atoms with van der Waals surface area (Å²) in [5, 5.41) is 3.35. The molecule has 0 saturated heterocycles. The molecule has 28 heavy (non-hydrogen) atoms. The van der Waals surface area contributed by atoms with Crippen LogP contribution in [0, 0.1) is 0 Å². The molecule has 1 aromatic heterocycles. The Balaban J connectivity index is 1.62. The summed E-state index contributed by atoms with van der Waals surface area (Å²) in [6.07, 6.45) is 9.96. The van der Waals surface area contributed by atoms with Crippen LogP contribution in [-0.2, 0) is 13.1 Å². The first-order valence-corrected chi connectivity index (χ1v) is 10.8. The van der Waals surface area contributed by atoms with Crippen LogP contribution < -0.4 is 5.32 Å². The van der Waals surface area contributed by atoms with Crippen molar-refractivity contribution >= 4 is 5.78 Å². The molecule has 0 amide bonds. The lowest BCUT2D eigenvalue weighted by molar-refractivity contribution is 0.0978. The van der Waals surface area contributed by atoms with Gasteiger partial charge in [0.1, 0.15) is 5.82 Å². The molecule has 2 N–H and O–H groups in total. The Morgan fingerprint density at radius 1 is 1.00 bits per heavy atom. The summed E-state index contributed by atoms with van der Waals surface area (Å²) in [6, 6.07) is 7.98. The first kappa shape index (κ1) is 22.3. The van der Waals surface area contributed by atoms with E-state index in [0.29, 0.717) is 13.0 Å². The summed E-state index contributed by atoms with van der Waals surface area (Å²) in [6.45, 7) is 9.49. The van der Waals surface area contributed by atoms with Crippen molar-refractivity contribution in [3.05, 3.63) is 53.6 Å². The molecule has 0 aliphatic heterocycles. The molecule has 0 aliphatic carbocycles. The van der Waals surface area contributed by atoms with Gasteiger partial charge in [-0.2, -0.15) is 0 Å². The van der Waals surface area contributed by atoms with Crippen LogP contribution in [0.4, 0.5) is 0 Å². The van der Waals surface area contributed by atoms with E-state index in [1.165, 1.54) is 37.9 Å². The fraction of sp³-hybridized carbons (Fsp3) is 0.565. The fourth-order valence-corrected chi connectivity index (χ4v) is 3.44. The van der Waals surface area contributed by atoms with Crippen molar-refractivity contribution < 1.29 is 4.79 Å². The summed E-state index contributed by atoms with van der Waals surface area (Å²) in [5.41, 5.74) is 2.00. The molecule has 5 heteroatoms. The highest BCUT2D eigenvalue weighted by Gasteiger charge is 2.07. The van der Waals surface area contributed by atoms with E-state index in [2.05, 4.69) is 34.0 Å². The van der Waals surface area contributed by atoms with Crippen molar-refractivity contribution in [2.45, 2.75) is 65.5 Å². The standard InChI is InChI=1S/C23H36N4O/c1-3-15-27(16-4-2)17-7-5-6-8-22(28)21-11-9-20(10-12-21)18-24-19-23-25-13-14-26-23/h9-14,24H,3-8,15-19H2,1-2H3,(H,25,26). The highest BCUT2D eigenvalue weighted by atomic mass is 16.1. The number of Topliss-reactive ketones (excluding diaryl/α,β-unsaturated/α-hetero) is 1. The third kappa shape index (κ3) is 8.36. The number of nitrogens with one attached hydrogen (secondary N) is 2. The summed E-state index contributed by atoms with van der Waals surface area (Å²) in [5.74, 6) is 1.19. The lowest BCUT2D eigenvalue weighted by Crippen LogP contribution is -2.26. The minimum Gasteiger partial charge on any atom is -0.348 e. The average Bonchev–Trinajstić information content (AvgIpc) is 3.22. The van der Waals surface area contributed by atoms with Crippen LogP contribution in [0.25, 0.3) is 0 Å². The molecule has 2 rings (SSSR count). The second-order valence-corrected chi connectivity index (χ2v) is 7.41. The number of aromatic nitrogens is 2. The van der Waals surface area contributed by atoms with Gasteiger partial charge in [-0.15, -0.1) is 0 Å². The number of imidazole rings is 1. The van der Waals surface area contributed by atoms with Gasteiger partial charge in [0.05, 0.1) is 6.54 Å². The number of carbonyl (C=O) groups is 1. The molecule has 1 heterocycles. The predicted octanol–water partition coefficient (Wildman–Crippen LogP) is 4.56. The molecule has 0 radical (unpaired) electrons. The highest BCUT2D eigenvalue weighted by molar-refractivity contribution is 5.96. The van der Waals surface area contributed by atoms with Crippen LogP contribution >= 0.6 is 0 Å². The smallest absolute Gasteiger partial charge is 0.162 e. The first-order chi connectivity index (χ1) is 13.7. The molecule has 1 aromatic carbocycles. The monoisotopic (exact) mass is 384 g/mol. The van der Waals surface area contributed by atoms with Crippen LogP contribution in [0.2, 0.25) is 0 Å². The molecule has 0 fully saturated rings. The van der Waals surface area contributed by atoms with E-state index in [9.17, 15) is 4.79 Å². The molecule has 154 valence electrons. The van der Waals surface area contributed by atoms with Crippen molar-refractivity contribution in [3.63, 3.8) is 0 Å². The fourth-order valence-electron chi connectivity index (χ4n) is 3.44. The van der Waals surface area contributed by atoms with Gasteiger partial charge >= 0.3 is 0 Å². The number of carbonyl (C=O) groups excluding carboxylic acids is 1. The van der Waals surface area contributed by atoms with Gasteiger partial charge in [0.25, 0.3) is 0 Å². The maximum Gasteiger partial charge on any atom is 0.162 e. The Bertz CT molecular complexity index is 646. The Kier molecular flexibility index (Phi) is 10.5. The van der Waals surface area contributed by atoms with E-state index < -0.39 is 0 Å². The van der Waals surface area contributed by atoms with Crippen molar-refractivity contribution in [1.82, 2.24) is 20.2 Å². The van der Waals surface area contributed by atoms with Gasteiger partial charge in [0.15, 0.2) is 5.78 Å². The largest absolute Gasteiger partial charge is 0.348 e. The number of hydrogen-bond acceptors (Lipinski definition) is 4. The number of hydrogen-bond donors (Lipinski definition) is 2. The van der Waals surface area contributed by atoms with Crippen molar-refractivity contribution in [1.29, 1.82) is 0 Å². The average molecular weight is 385 g/mol. The van der Waals surface area contributed by atoms with E-state index in [-0.39, 0.29) is 5.78 Å². The molecule has 0 bridgehead atoms. The van der Waals surface area contributed by atoms with E-state index in [0.717, 1.165) is 37.3 Å². The summed E-state index contributed by atoms with van der Waals surface area (Å²) < 4.78 is 0. The zero-order valence-corrected chi connectivity index (χ0v) is 17.5. The number of rotatable bonds is 15. The lowest BCUT2D eigenvalue weighted by atomic mass is 10.0. The Labute approximate surface area is 169 Å². The molecule has 0 spiro atoms. The summed E-state index contributed by atoms with van der Waals surface area (Å²) in [7, 11) is 0. The topological polar surface area (TPSA) is 61.0 Å². The third-order valence-corrected chi connectivity index (χ3v) is 4.91. The van der Waals surface area contributed by atoms with Crippen LogP contribution in [0.15, 0.2) is 36.7 Å². The molecular weight excluding hydrogens is 348 g/mol. The number of benzene rings is 1. The van der Waals surface area contributed by atoms with Gasteiger partial charge in [0, 0.05) is 30.9 Å². The van der Waals surface area contributed by atoms with E-state index in [1.807, 2.05) is 30.5 Å². The summed E-state index contributed by atoms with van der Waals surface area (Å²) >= 11 is 0. The second-order valence-electron chi connectivity index (χ2n) is 7.41. The van der Waals surface area contributed by atoms with Gasteiger partial charge < -0.3 is 15.2 Å². The highest BCUT2D eigenvalue weighted by Crippen LogP contribution is 2.11. The molecule has 0 atom stereocenters. The van der Waals surface area contributed by atoms with Crippen LogP contribution in [0.5, 0.6) is 0 Å². The normalized spacial score (nSPS) is 11.2. The first-order valence-electron chi connectivity index (χ1n) is 10.8. The van der Waals surface area contributed by atoms with Gasteiger partial charge in [-0.25, -0.2) is 4.98 Å². The Hall–Kier alpha value is -1.98. The quantitative estimate of drug-likeness (QED) is 0.349. The zero-order chi connectivity index (χ0) is 20.0. The van der Waals surface area contributed by atoms with Gasteiger partial charge in [0.2, 0.25) is 0 Å². The minimum absolute atomic E-state index is 0.258. The van der Waals surface area contributed by atoms with Gasteiger partial charge in [-0.1, -0.05) is 44.5 Å². The number of aromatic amines is 1. The molecular formula is C23H36N4O. The van der Waals surface area contributed by atoms with E-state index >= 15 is 0 Å². The van der Waals surface area contributed by atoms with Gasteiger partial charge in [-0.3, -0.25) is 4.79 Å². The van der Waals surface area contributed by atoms with E-state index in [4.69, 9.17) is 0 Å². The third-order valence-electron chi connectivity index (χ3n) is 4.91. The van der Waals surface area contributed by atoms with Crippen molar-refractivity contribution in [2.24, 2.45) is 0 Å². The van der Waals surface area contributed by atoms with Gasteiger partial charge in [-0.05, 0) is 50.9 Å². The predicted molar refractivity (Wildman–Crippen MR) is 115 cm³/mol. The lowest BCUT2D eigenvalue weighted by Gasteiger charge is -2.20. The van der Waals surface area contributed by atoms with Crippen molar-refractivity contribution in [2.75, 3.05) is 19.6 Å².